The zero-order valence-electron chi connectivity index (χ0n) is 16.9. The van der Waals surface area contributed by atoms with Crippen molar-refractivity contribution in [1.82, 2.24) is 19.9 Å². The van der Waals surface area contributed by atoms with Crippen LogP contribution in [0.2, 0.25) is 5.02 Å². The highest BCUT2D eigenvalue weighted by atomic mass is 35.5. The molecule has 4 heterocycles. The van der Waals surface area contributed by atoms with Crippen LogP contribution >= 0.6 is 11.6 Å². The van der Waals surface area contributed by atoms with Gasteiger partial charge >= 0.3 is 0 Å². The lowest BCUT2D eigenvalue weighted by molar-refractivity contribution is 0.705. The van der Waals surface area contributed by atoms with Crippen molar-refractivity contribution in [3.05, 3.63) is 71.4 Å². The molecule has 30 heavy (non-hydrogen) atoms. The lowest BCUT2D eigenvalue weighted by Gasteiger charge is -2.30. The third kappa shape index (κ3) is 3.44. The Morgan fingerprint density at radius 2 is 1.80 bits per heavy atom. The van der Waals surface area contributed by atoms with Gasteiger partial charge in [0.05, 0.1) is 5.52 Å². The number of benzene rings is 1. The summed E-state index contributed by atoms with van der Waals surface area (Å²) in [6, 6.07) is 12.1. The summed E-state index contributed by atoms with van der Waals surface area (Å²) in [5.41, 5.74) is 5.39. The predicted molar refractivity (Wildman–Crippen MR) is 121 cm³/mol. The van der Waals surface area contributed by atoms with E-state index >= 15 is 0 Å². The zero-order valence-corrected chi connectivity index (χ0v) is 17.6. The first kappa shape index (κ1) is 18.8. The van der Waals surface area contributed by atoms with E-state index in [-0.39, 0.29) is 0 Å². The van der Waals surface area contributed by atoms with Crippen LogP contribution in [0.4, 0.5) is 11.6 Å². The maximum Gasteiger partial charge on any atom is 0.140 e. The molecule has 0 spiro atoms. The fraction of sp³-hybridized carbons (Fsp3) is 0.217. The number of hydrogen-bond acceptors (Lipinski definition) is 6. The molecule has 1 aliphatic rings. The smallest absolute Gasteiger partial charge is 0.140 e. The summed E-state index contributed by atoms with van der Waals surface area (Å²) in [6.45, 7) is 1.61. The summed E-state index contributed by atoms with van der Waals surface area (Å²) >= 11 is 6.24. The van der Waals surface area contributed by atoms with Gasteiger partial charge in [-0.3, -0.25) is 4.98 Å². The normalized spacial score (nSPS) is 13.4. The fourth-order valence-electron chi connectivity index (χ4n) is 3.85. The molecule has 0 N–H and O–H groups in total. The molecule has 0 amide bonds. The summed E-state index contributed by atoms with van der Waals surface area (Å²) in [4.78, 5) is 22.5. The van der Waals surface area contributed by atoms with Crippen LogP contribution in [0.25, 0.3) is 22.0 Å². The Balaban J connectivity index is 1.48. The predicted octanol–water partition coefficient (Wildman–Crippen LogP) is 4.37. The molecular formula is C23H21ClN6. The monoisotopic (exact) mass is 416 g/mol. The van der Waals surface area contributed by atoms with Crippen LogP contribution < -0.4 is 9.80 Å². The fourth-order valence-corrected chi connectivity index (χ4v) is 4.03. The second-order valence-electron chi connectivity index (χ2n) is 7.66. The van der Waals surface area contributed by atoms with Gasteiger partial charge in [-0.25, -0.2) is 15.0 Å². The first-order valence-corrected chi connectivity index (χ1v) is 10.2. The highest BCUT2D eigenvalue weighted by Crippen LogP contribution is 2.31. The van der Waals surface area contributed by atoms with Crippen LogP contribution in [-0.2, 0) is 13.0 Å². The number of aromatic nitrogens is 4. The van der Waals surface area contributed by atoms with E-state index in [1.807, 2.05) is 55.7 Å². The maximum absolute atomic E-state index is 6.24. The van der Waals surface area contributed by atoms with Gasteiger partial charge in [-0.15, -0.1) is 0 Å². The number of hydrogen-bond donors (Lipinski definition) is 0. The van der Waals surface area contributed by atoms with Crippen LogP contribution in [0.3, 0.4) is 0 Å². The summed E-state index contributed by atoms with van der Waals surface area (Å²) < 4.78 is 0. The average Bonchev–Trinajstić information content (AvgIpc) is 2.78. The van der Waals surface area contributed by atoms with Crippen LogP contribution in [0.5, 0.6) is 0 Å². The van der Waals surface area contributed by atoms with Crippen LogP contribution in [0, 0.1) is 0 Å². The van der Waals surface area contributed by atoms with Crippen molar-refractivity contribution < 1.29 is 0 Å². The minimum atomic E-state index is 0.689. The second kappa shape index (κ2) is 7.54. The largest absolute Gasteiger partial charge is 0.363 e. The molecule has 0 saturated carbocycles. The van der Waals surface area contributed by atoms with Crippen molar-refractivity contribution in [2.24, 2.45) is 0 Å². The van der Waals surface area contributed by atoms with Crippen molar-refractivity contribution in [2.45, 2.75) is 13.0 Å². The first-order chi connectivity index (χ1) is 14.6. The Hall–Kier alpha value is -3.25. The molecule has 3 aromatic heterocycles. The Bertz CT molecular complexity index is 1220. The van der Waals surface area contributed by atoms with E-state index in [4.69, 9.17) is 16.6 Å². The lowest BCUT2D eigenvalue weighted by atomic mass is 10.0. The standard InChI is InChI=1S/C23H21ClN6/c1-29(2)22-6-3-15(11-26-22)16-9-17-13-30(8-7-20(17)25-12-16)23-19-10-18(24)4-5-21(19)27-14-28-23/h3-6,9-12,14H,7-8,13H2,1-2H3. The Labute approximate surface area is 180 Å². The number of halogens is 1. The van der Waals surface area contributed by atoms with Gasteiger partial charge in [0, 0.05) is 73.2 Å². The van der Waals surface area contributed by atoms with Crippen LogP contribution in [-0.4, -0.2) is 40.6 Å². The van der Waals surface area contributed by atoms with Gasteiger partial charge in [-0.05, 0) is 42.0 Å². The summed E-state index contributed by atoms with van der Waals surface area (Å²) in [5, 5.41) is 1.66. The van der Waals surface area contributed by atoms with E-state index in [2.05, 4.69) is 32.0 Å². The minimum absolute atomic E-state index is 0.689. The van der Waals surface area contributed by atoms with Crippen molar-refractivity contribution in [3.63, 3.8) is 0 Å². The van der Waals surface area contributed by atoms with E-state index in [0.717, 1.165) is 58.9 Å². The Kier molecular flexibility index (Phi) is 4.71. The molecule has 0 aliphatic carbocycles. The first-order valence-electron chi connectivity index (χ1n) is 9.85. The molecule has 0 fully saturated rings. The molecule has 7 heteroatoms. The van der Waals surface area contributed by atoms with Crippen molar-refractivity contribution in [2.75, 3.05) is 30.4 Å². The molecule has 6 nitrogen and oxygen atoms in total. The van der Waals surface area contributed by atoms with E-state index in [9.17, 15) is 0 Å². The van der Waals surface area contributed by atoms with Crippen molar-refractivity contribution >= 4 is 34.1 Å². The SMILES string of the molecule is CN(C)c1ccc(-c2cnc3c(c2)CN(c2ncnc4ccc(Cl)cc24)CC3)cn1. The van der Waals surface area contributed by atoms with Gasteiger partial charge in [0.2, 0.25) is 0 Å². The molecule has 0 unspecified atom stereocenters. The molecule has 1 aliphatic heterocycles. The topological polar surface area (TPSA) is 58.0 Å². The maximum atomic E-state index is 6.24. The van der Waals surface area contributed by atoms with E-state index in [1.165, 1.54) is 5.56 Å². The van der Waals surface area contributed by atoms with Crippen LogP contribution in [0.15, 0.2) is 55.1 Å². The Morgan fingerprint density at radius 3 is 2.60 bits per heavy atom. The summed E-state index contributed by atoms with van der Waals surface area (Å²) in [7, 11) is 3.97. The number of fused-ring (bicyclic) bond motifs is 2. The van der Waals surface area contributed by atoms with Crippen LogP contribution in [0.1, 0.15) is 11.3 Å². The van der Waals surface area contributed by atoms with Gasteiger partial charge in [0.1, 0.15) is 18.0 Å². The zero-order chi connectivity index (χ0) is 20.7. The number of rotatable bonds is 3. The molecule has 1 aromatic carbocycles. The summed E-state index contributed by atoms with van der Waals surface area (Å²) in [5.74, 6) is 1.85. The molecule has 0 atom stereocenters. The van der Waals surface area contributed by atoms with Crippen molar-refractivity contribution in [1.29, 1.82) is 0 Å². The second-order valence-corrected chi connectivity index (χ2v) is 8.10. The van der Waals surface area contributed by atoms with Gasteiger partial charge in [-0.2, -0.15) is 0 Å². The van der Waals surface area contributed by atoms with E-state index in [1.54, 1.807) is 6.33 Å². The van der Waals surface area contributed by atoms with Gasteiger partial charge in [-0.1, -0.05) is 11.6 Å². The van der Waals surface area contributed by atoms with Crippen molar-refractivity contribution in [3.8, 4) is 11.1 Å². The highest BCUT2D eigenvalue weighted by Gasteiger charge is 2.21. The quantitative estimate of drug-likeness (QED) is 0.494. The number of pyridine rings is 2. The highest BCUT2D eigenvalue weighted by molar-refractivity contribution is 6.31. The van der Waals surface area contributed by atoms with E-state index in [0.29, 0.717) is 5.02 Å². The molecule has 150 valence electrons. The lowest BCUT2D eigenvalue weighted by Crippen LogP contribution is -2.31. The number of anilines is 2. The number of nitrogens with zero attached hydrogens (tertiary/aromatic N) is 6. The summed E-state index contributed by atoms with van der Waals surface area (Å²) in [6.07, 6.45) is 6.34. The Morgan fingerprint density at radius 1 is 0.933 bits per heavy atom. The van der Waals surface area contributed by atoms with E-state index < -0.39 is 0 Å². The molecular weight excluding hydrogens is 396 g/mol. The molecule has 4 aromatic rings. The van der Waals surface area contributed by atoms with Gasteiger partial charge < -0.3 is 9.80 Å². The molecule has 0 radical (unpaired) electrons. The minimum Gasteiger partial charge on any atom is -0.363 e. The molecule has 0 bridgehead atoms. The third-order valence-electron chi connectivity index (χ3n) is 5.45. The van der Waals surface area contributed by atoms with Gasteiger partial charge in [0.25, 0.3) is 0 Å². The average molecular weight is 417 g/mol. The third-order valence-corrected chi connectivity index (χ3v) is 5.69. The van der Waals surface area contributed by atoms with Gasteiger partial charge in [0.15, 0.2) is 0 Å². The molecule has 5 rings (SSSR count). The molecule has 0 saturated heterocycles.